The van der Waals surface area contributed by atoms with E-state index in [9.17, 15) is 0 Å². The summed E-state index contributed by atoms with van der Waals surface area (Å²) < 4.78 is 0. The number of benzene rings is 4. The lowest BCUT2D eigenvalue weighted by molar-refractivity contribution is 1.09. The van der Waals surface area contributed by atoms with Gasteiger partial charge >= 0.3 is 0 Å². The number of rotatable bonds is 4. The van der Waals surface area contributed by atoms with Gasteiger partial charge in [0.1, 0.15) is 0 Å². The summed E-state index contributed by atoms with van der Waals surface area (Å²) in [6.07, 6.45) is 5.69. The molecule has 2 nitrogen and oxygen atoms in total. The van der Waals surface area contributed by atoms with Crippen LogP contribution in [0.2, 0.25) is 0 Å². The molecule has 4 aromatic carbocycles. The Balaban J connectivity index is 1.28. The van der Waals surface area contributed by atoms with Gasteiger partial charge < -0.3 is 0 Å². The maximum absolute atomic E-state index is 4.74. The zero-order chi connectivity index (χ0) is 22.2. The molecule has 33 heavy (non-hydrogen) atoms. The van der Waals surface area contributed by atoms with E-state index in [-0.39, 0.29) is 0 Å². The SMILES string of the molecule is Cc1ccc2ccc(Cc3cc4cc(Cc5cnc6ccccc6c5)ccc4cn3)cc2c1. The lowest BCUT2D eigenvalue weighted by Gasteiger charge is -2.08. The van der Waals surface area contributed by atoms with Crippen molar-refractivity contribution in [2.24, 2.45) is 0 Å². The standard InChI is InChI=1S/C31H24N2/c1-21-6-9-25-10-7-23(15-28(25)12-21)17-30-18-29-14-22(8-11-27(29)20-32-30)13-24-16-26-4-2-3-5-31(26)33-19-24/h2-12,14-16,18-20H,13,17H2,1H3. The smallest absolute Gasteiger partial charge is 0.0702 e. The number of fused-ring (bicyclic) bond motifs is 3. The molecule has 0 amide bonds. The summed E-state index contributed by atoms with van der Waals surface area (Å²) in [5.74, 6) is 0. The van der Waals surface area contributed by atoms with Gasteiger partial charge in [0.2, 0.25) is 0 Å². The highest BCUT2D eigenvalue weighted by Gasteiger charge is 2.05. The van der Waals surface area contributed by atoms with Crippen LogP contribution >= 0.6 is 0 Å². The number of aryl methyl sites for hydroxylation is 1. The highest BCUT2D eigenvalue weighted by molar-refractivity contribution is 5.85. The van der Waals surface area contributed by atoms with E-state index in [1.807, 2.05) is 18.5 Å². The molecule has 0 saturated heterocycles. The molecule has 0 bridgehead atoms. The van der Waals surface area contributed by atoms with Gasteiger partial charge in [-0.2, -0.15) is 0 Å². The van der Waals surface area contributed by atoms with E-state index in [4.69, 9.17) is 4.98 Å². The molecular weight excluding hydrogens is 400 g/mol. The second kappa shape index (κ2) is 8.14. The molecule has 2 heteroatoms. The van der Waals surface area contributed by atoms with Gasteiger partial charge in [0.25, 0.3) is 0 Å². The third-order valence-corrected chi connectivity index (χ3v) is 6.34. The zero-order valence-electron chi connectivity index (χ0n) is 18.6. The molecule has 0 atom stereocenters. The van der Waals surface area contributed by atoms with Crippen LogP contribution in [0.15, 0.2) is 103 Å². The van der Waals surface area contributed by atoms with E-state index in [0.29, 0.717) is 0 Å². The fourth-order valence-electron chi connectivity index (χ4n) is 4.63. The molecule has 6 aromatic rings. The number of para-hydroxylation sites is 1. The van der Waals surface area contributed by atoms with Crippen molar-refractivity contribution in [2.45, 2.75) is 19.8 Å². The van der Waals surface area contributed by atoms with Gasteiger partial charge in [-0.25, -0.2) is 0 Å². The minimum absolute atomic E-state index is 0.832. The zero-order valence-corrected chi connectivity index (χ0v) is 18.6. The van der Waals surface area contributed by atoms with Crippen LogP contribution < -0.4 is 0 Å². The van der Waals surface area contributed by atoms with Gasteiger partial charge in [0.15, 0.2) is 0 Å². The van der Waals surface area contributed by atoms with Crippen LogP contribution in [0, 0.1) is 6.92 Å². The van der Waals surface area contributed by atoms with Crippen LogP contribution in [-0.2, 0) is 12.8 Å². The van der Waals surface area contributed by atoms with Crippen molar-refractivity contribution < 1.29 is 0 Å². The second-order valence-electron chi connectivity index (χ2n) is 8.93. The molecule has 0 radical (unpaired) electrons. The van der Waals surface area contributed by atoms with Crippen LogP contribution in [0.3, 0.4) is 0 Å². The molecule has 0 fully saturated rings. The molecule has 0 N–H and O–H groups in total. The van der Waals surface area contributed by atoms with E-state index in [1.54, 1.807) is 0 Å². The molecule has 158 valence electrons. The fourth-order valence-corrected chi connectivity index (χ4v) is 4.63. The van der Waals surface area contributed by atoms with Crippen molar-refractivity contribution in [3.8, 4) is 0 Å². The van der Waals surface area contributed by atoms with Crippen molar-refractivity contribution in [1.29, 1.82) is 0 Å². The van der Waals surface area contributed by atoms with Crippen molar-refractivity contribution >= 4 is 32.4 Å². The van der Waals surface area contributed by atoms with Gasteiger partial charge in [0.05, 0.1) is 5.52 Å². The van der Waals surface area contributed by atoms with Crippen LogP contribution in [0.25, 0.3) is 32.4 Å². The first-order valence-electron chi connectivity index (χ1n) is 11.4. The summed E-state index contributed by atoms with van der Waals surface area (Å²) in [5, 5.41) is 6.17. The minimum Gasteiger partial charge on any atom is -0.260 e. The van der Waals surface area contributed by atoms with E-state index >= 15 is 0 Å². The lowest BCUT2D eigenvalue weighted by atomic mass is 9.99. The summed E-state index contributed by atoms with van der Waals surface area (Å²) in [4.78, 5) is 9.36. The van der Waals surface area contributed by atoms with Gasteiger partial charge in [0, 0.05) is 35.3 Å². The van der Waals surface area contributed by atoms with Gasteiger partial charge in [-0.05, 0) is 64.4 Å². The average molecular weight is 425 g/mol. The first-order chi connectivity index (χ1) is 16.2. The Morgan fingerprint density at radius 3 is 2.15 bits per heavy atom. The van der Waals surface area contributed by atoms with Crippen molar-refractivity contribution in [3.63, 3.8) is 0 Å². The molecule has 0 aliphatic heterocycles. The molecular formula is C31H24N2. The van der Waals surface area contributed by atoms with Crippen LogP contribution in [0.5, 0.6) is 0 Å². The normalized spacial score (nSPS) is 11.4. The molecule has 6 rings (SSSR count). The highest BCUT2D eigenvalue weighted by atomic mass is 14.7. The topological polar surface area (TPSA) is 25.8 Å². The third-order valence-electron chi connectivity index (χ3n) is 6.34. The van der Waals surface area contributed by atoms with Crippen molar-refractivity contribution in [1.82, 2.24) is 9.97 Å². The van der Waals surface area contributed by atoms with Gasteiger partial charge in [-0.3, -0.25) is 9.97 Å². The largest absolute Gasteiger partial charge is 0.260 e. The predicted octanol–water partition coefficient (Wildman–Crippen LogP) is 7.43. The number of nitrogens with zero attached hydrogens (tertiary/aromatic N) is 2. The van der Waals surface area contributed by atoms with Gasteiger partial charge in [-0.1, -0.05) is 78.4 Å². The first-order valence-corrected chi connectivity index (χ1v) is 11.4. The maximum atomic E-state index is 4.74. The third kappa shape index (κ3) is 4.08. The Morgan fingerprint density at radius 1 is 0.515 bits per heavy atom. The maximum Gasteiger partial charge on any atom is 0.0702 e. The monoisotopic (exact) mass is 424 g/mol. The van der Waals surface area contributed by atoms with Crippen molar-refractivity contribution in [3.05, 3.63) is 131 Å². The Labute approximate surface area is 193 Å². The van der Waals surface area contributed by atoms with E-state index < -0.39 is 0 Å². The Bertz CT molecular complexity index is 1630. The molecule has 2 heterocycles. The van der Waals surface area contributed by atoms with Crippen LogP contribution in [0.1, 0.15) is 27.9 Å². The first kappa shape index (κ1) is 19.6. The van der Waals surface area contributed by atoms with Crippen molar-refractivity contribution in [2.75, 3.05) is 0 Å². The molecule has 0 unspecified atom stereocenters. The molecule has 0 aliphatic rings. The number of hydrogen-bond donors (Lipinski definition) is 0. The number of aromatic nitrogens is 2. The van der Waals surface area contributed by atoms with E-state index in [2.05, 4.69) is 96.8 Å². The second-order valence-corrected chi connectivity index (χ2v) is 8.93. The molecule has 0 spiro atoms. The van der Waals surface area contributed by atoms with E-state index in [0.717, 1.165) is 24.1 Å². The Morgan fingerprint density at radius 2 is 1.24 bits per heavy atom. The molecule has 0 saturated carbocycles. The van der Waals surface area contributed by atoms with Crippen LogP contribution in [0.4, 0.5) is 0 Å². The fraction of sp³-hybridized carbons (Fsp3) is 0.0968. The van der Waals surface area contributed by atoms with E-state index in [1.165, 1.54) is 49.2 Å². The quantitative estimate of drug-likeness (QED) is 0.294. The highest BCUT2D eigenvalue weighted by Crippen LogP contribution is 2.23. The summed E-state index contributed by atoms with van der Waals surface area (Å²) in [5.41, 5.74) is 7.24. The van der Waals surface area contributed by atoms with Gasteiger partial charge in [-0.15, -0.1) is 0 Å². The summed E-state index contributed by atoms with van der Waals surface area (Å²) in [6, 6.07) is 32.7. The molecule has 0 aliphatic carbocycles. The predicted molar refractivity (Wildman–Crippen MR) is 138 cm³/mol. The summed E-state index contributed by atoms with van der Waals surface area (Å²) in [7, 11) is 0. The summed E-state index contributed by atoms with van der Waals surface area (Å²) in [6.45, 7) is 2.14. The average Bonchev–Trinajstić information content (AvgIpc) is 2.83. The molecule has 2 aromatic heterocycles. The summed E-state index contributed by atoms with van der Waals surface area (Å²) >= 11 is 0. The van der Waals surface area contributed by atoms with Crippen LogP contribution in [-0.4, -0.2) is 9.97 Å². The Kier molecular flexibility index (Phi) is 4.84. The Hall–Kier alpha value is -4.04. The number of pyridine rings is 2. The lowest BCUT2D eigenvalue weighted by Crippen LogP contribution is -1.94. The minimum atomic E-state index is 0.832. The number of hydrogen-bond acceptors (Lipinski definition) is 2.